The zero-order valence-electron chi connectivity index (χ0n) is 14.7. The van der Waals surface area contributed by atoms with Gasteiger partial charge in [-0.25, -0.2) is 4.39 Å². The number of rotatable bonds is 6. The number of oxime groups is 1. The van der Waals surface area contributed by atoms with Crippen LogP contribution in [0.15, 0.2) is 53.8 Å². The zero-order chi connectivity index (χ0) is 19.2. The van der Waals surface area contributed by atoms with Crippen LogP contribution in [0.5, 0.6) is 0 Å². The first-order valence-electron chi connectivity index (χ1n) is 8.49. The summed E-state index contributed by atoms with van der Waals surface area (Å²) in [6, 6.07) is 10.6. The molecule has 27 heavy (non-hydrogen) atoms. The van der Waals surface area contributed by atoms with Gasteiger partial charge in [0.15, 0.2) is 0 Å². The van der Waals surface area contributed by atoms with Gasteiger partial charge in [0.05, 0.1) is 18.0 Å². The highest BCUT2D eigenvalue weighted by Gasteiger charge is 2.30. The molecular weight excluding hydrogens is 351 g/mol. The molecule has 1 aliphatic heterocycles. The maximum Gasteiger partial charge on any atom is 0.264 e. The average molecular weight is 370 g/mol. The molecule has 2 heterocycles. The number of nitrogens with zero attached hydrogens (tertiary/aromatic N) is 2. The predicted octanol–water partition coefficient (Wildman–Crippen LogP) is 1.53. The van der Waals surface area contributed by atoms with Crippen molar-refractivity contribution in [1.82, 2.24) is 15.6 Å². The topological polar surface area (TPSA) is 92.7 Å². The quantitative estimate of drug-likeness (QED) is 0.807. The van der Waals surface area contributed by atoms with Crippen LogP contribution in [0.4, 0.5) is 4.39 Å². The molecule has 0 radical (unpaired) electrons. The van der Waals surface area contributed by atoms with Gasteiger partial charge in [-0.15, -0.1) is 0 Å². The Bertz CT molecular complexity index is 857. The van der Waals surface area contributed by atoms with E-state index in [1.165, 1.54) is 12.1 Å². The third-order valence-corrected chi connectivity index (χ3v) is 4.04. The number of aromatic nitrogens is 1. The molecule has 1 aromatic carbocycles. The summed E-state index contributed by atoms with van der Waals surface area (Å²) in [4.78, 5) is 33.7. The number of hydrogen-bond acceptors (Lipinski definition) is 5. The second-order valence-electron chi connectivity index (χ2n) is 6.12. The van der Waals surface area contributed by atoms with E-state index in [4.69, 9.17) is 4.84 Å². The normalized spacial score (nSPS) is 16.8. The Labute approximate surface area is 155 Å². The summed E-state index contributed by atoms with van der Waals surface area (Å²) in [6.07, 6.45) is 0.993. The summed E-state index contributed by atoms with van der Waals surface area (Å²) in [7, 11) is 0. The van der Waals surface area contributed by atoms with E-state index >= 15 is 0 Å². The molecule has 2 atom stereocenters. The van der Waals surface area contributed by atoms with Crippen molar-refractivity contribution in [2.45, 2.75) is 32.0 Å². The third kappa shape index (κ3) is 4.87. The van der Waals surface area contributed by atoms with Crippen LogP contribution in [-0.2, 0) is 21.0 Å². The van der Waals surface area contributed by atoms with Gasteiger partial charge >= 0.3 is 0 Å². The lowest BCUT2D eigenvalue weighted by Crippen LogP contribution is -2.48. The van der Waals surface area contributed by atoms with Crippen molar-refractivity contribution in [2.75, 3.05) is 0 Å². The van der Waals surface area contributed by atoms with Crippen LogP contribution in [0.25, 0.3) is 0 Å². The lowest BCUT2D eigenvalue weighted by atomic mass is 10.0. The maximum atomic E-state index is 13.3. The van der Waals surface area contributed by atoms with E-state index in [1.54, 1.807) is 37.4 Å². The second-order valence-corrected chi connectivity index (χ2v) is 6.12. The summed E-state index contributed by atoms with van der Waals surface area (Å²) in [5.41, 5.74) is 1.77. The minimum absolute atomic E-state index is 0.206. The Morgan fingerprint density at radius 1 is 1.30 bits per heavy atom. The fourth-order valence-electron chi connectivity index (χ4n) is 2.56. The van der Waals surface area contributed by atoms with Crippen molar-refractivity contribution in [3.05, 3.63) is 65.7 Å². The van der Waals surface area contributed by atoms with Crippen LogP contribution in [0, 0.1) is 5.82 Å². The van der Waals surface area contributed by atoms with E-state index in [0.29, 0.717) is 11.3 Å². The van der Waals surface area contributed by atoms with Gasteiger partial charge in [0.1, 0.15) is 11.9 Å². The Morgan fingerprint density at radius 3 is 2.89 bits per heavy atom. The highest BCUT2D eigenvalue weighted by atomic mass is 19.1. The van der Waals surface area contributed by atoms with Gasteiger partial charge < -0.3 is 15.5 Å². The maximum absolute atomic E-state index is 13.3. The van der Waals surface area contributed by atoms with Crippen molar-refractivity contribution in [3.8, 4) is 0 Å². The lowest BCUT2D eigenvalue weighted by Gasteiger charge is -2.16. The fourth-order valence-corrected chi connectivity index (χ4v) is 2.56. The van der Waals surface area contributed by atoms with Crippen LogP contribution < -0.4 is 10.6 Å². The Kier molecular flexibility index (Phi) is 5.75. The number of hydrogen-bond donors (Lipinski definition) is 2. The molecule has 0 saturated heterocycles. The van der Waals surface area contributed by atoms with Crippen molar-refractivity contribution in [3.63, 3.8) is 0 Å². The third-order valence-electron chi connectivity index (χ3n) is 4.04. The molecule has 2 aromatic rings. The Morgan fingerprint density at radius 2 is 2.15 bits per heavy atom. The molecule has 0 spiro atoms. The largest absolute Gasteiger partial charge is 0.382 e. The first-order valence-corrected chi connectivity index (χ1v) is 8.49. The number of nitrogens with one attached hydrogen (secondary N) is 2. The summed E-state index contributed by atoms with van der Waals surface area (Å²) in [5, 5.41) is 9.16. The highest BCUT2D eigenvalue weighted by Crippen LogP contribution is 2.17. The minimum atomic E-state index is -0.852. The molecule has 7 nitrogen and oxygen atoms in total. The fraction of sp³-hybridized carbons (Fsp3) is 0.263. The SMILES string of the molecule is CC(NC(=O)C1CC(c2cccc(F)c2)=NO1)C(=O)NCc1ccccn1. The molecular formula is C19H19FN4O3. The van der Waals surface area contributed by atoms with Crippen LogP contribution in [0.2, 0.25) is 0 Å². The average Bonchev–Trinajstić information content (AvgIpc) is 3.17. The molecule has 1 aliphatic rings. The van der Waals surface area contributed by atoms with Crippen molar-refractivity contribution in [2.24, 2.45) is 5.16 Å². The number of pyridine rings is 1. The van der Waals surface area contributed by atoms with E-state index in [1.807, 2.05) is 6.07 Å². The van der Waals surface area contributed by atoms with Gasteiger partial charge in [0.2, 0.25) is 12.0 Å². The summed E-state index contributed by atoms with van der Waals surface area (Å²) < 4.78 is 13.3. The molecule has 0 aliphatic carbocycles. The van der Waals surface area contributed by atoms with Gasteiger partial charge in [0, 0.05) is 18.2 Å². The molecule has 0 bridgehead atoms. The Hall–Kier alpha value is -3.29. The van der Waals surface area contributed by atoms with E-state index in [9.17, 15) is 14.0 Å². The number of carbonyl (C=O) groups excluding carboxylic acids is 2. The lowest BCUT2D eigenvalue weighted by molar-refractivity contribution is -0.135. The van der Waals surface area contributed by atoms with Gasteiger partial charge in [0.25, 0.3) is 5.91 Å². The van der Waals surface area contributed by atoms with Crippen LogP contribution >= 0.6 is 0 Å². The van der Waals surface area contributed by atoms with Crippen LogP contribution in [0.1, 0.15) is 24.6 Å². The van der Waals surface area contributed by atoms with Gasteiger partial charge in [-0.3, -0.25) is 14.6 Å². The molecule has 1 aromatic heterocycles. The molecule has 0 fully saturated rings. The number of carbonyl (C=O) groups is 2. The predicted molar refractivity (Wildman–Crippen MR) is 96.1 cm³/mol. The molecule has 140 valence electrons. The van der Waals surface area contributed by atoms with E-state index in [-0.39, 0.29) is 24.7 Å². The zero-order valence-corrected chi connectivity index (χ0v) is 14.7. The molecule has 2 amide bonds. The summed E-state index contributed by atoms with van der Waals surface area (Å²) >= 11 is 0. The molecule has 3 rings (SSSR count). The van der Waals surface area contributed by atoms with Crippen LogP contribution in [0.3, 0.4) is 0 Å². The van der Waals surface area contributed by atoms with E-state index < -0.39 is 18.1 Å². The van der Waals surface area contributed by atoms with Crippen molar-refractivity contribution >= 4 is 17.5 Å². The van der Waals surface area contributed by atoms with Crippen molar-refractivity contribution in [1.29, 1.82) is 0 Å². The first kappa shape index (κ1) is 18.5. The molecule has 2 unspecified atom stereocenters. The van der Waals surface area contributed by atoms with Gasteiger partial charge in [-0.1, -0.05) is 23.4 Å². The standard InChI is InChI=1S/C19H19FN4O3/c1-12(18(25)22-11-15-7-2-3-8-21-15)23-19(26)17-10-16(24-27-17)13-5-4-6-14(20)9-13/h2-9,12,17H,10-11H2,1H3,(H,22,25)(H,23,26). The second kappa shape index (κ2) is 8.39. The number of halogens is 1. The minimum Gasteiger partial charge on any atom is -0.382 e. The summed E-state index contributed by atoms with van der Waals surface area (Å²) in [5.74, 6) is -1.18. The summed E-state index contributed by atoms with van der Waals surface area (Å²) in [6.45, 7) is 1.85. The first-order chi connectivity index (χ1) is 13.0. The van der Waals surface area contributed by atoms with Crippen LogP contribution in [-0.4, -0.2) is 34.7 Å². The van der Waals surface area contributed by atoms with Gasteiger partial charge in [-0.05, 0) is 31.2 Å². The number of amides is 2. The molecule has 0 saturated carbocycles. The molecule has 8 heteroatoms. The Balaban J connectivity index is 1.48. The highest BCUT2D eigenvalue weighted by molar-refractivity contribution is 6.04. The van der Waals surface area contributed by atoms with E-state index in [2.05, 4.69) is 20.8 Å². The van der Waals surface area contributed by atoms with E-state index in [0.717, 1.165) is 5.69 Å². The number of benzene rings is 1. The molecule has 2 N–H and O–H groups in total. The smallest absolute Gasteiger partial charge is 0.264 e. The monoisotopic (exact) mass is 370 g/mol. The van der Waals surface area contributed by atoms with Gasteiger partial charge in [-0.2, -0.15) is 0 Å². The van der Waals surface area contributed by atoms with Crippen molar-refractivity contribution < 1.29 is 18.8 Å².